The Morgan fingerprint density at radius 2 is 1.33 bits per heavy atom. The summed E-state index contributed by atoms with van der Waals surface area (Å²) in [5.41, 5.74) is 0. The first kappa shape index (κ1) is 15.7. The van der Waals surface area contributed by atoms with Crippen LogP contribution in [0.15, 0.2) is 0 Å². The minimum absolute atomic E-state index is 0. The Morgan fingerprint density at radius 1 is 1.33 bits per heavy atom. The van der Waals surface area contributed by atoms with Gasteiger partial charge in [-0.25, -0.2) is 0 Å². The third-order valence-corrected chi connectivity index (χ3v) is 0. The monoisotopic (exact) mass is 180 g/mol. The van der Waals surface area contributed by atoms with Crippen molar-refractivity contribution in [3.63, 3.8) is 0 Å². The van der Waals surface area contributed by atoms with Gasteiger partial charge in [-0.3, -0.25) is 4.32 Å². The number of hydrogen-bond donors (Lipinski definition) is 2. The quantitative estimate of drug-likeness (QED) is 0.392. The van der Waals surface area contributed by atoms with E-state index >= 15 is 0 Å². The Morgan fingerprint density at radius 3 is 1.33 bits per heavy atom. The predicted molar refractivity (Wildman–Crippen MR) is 28.4 cm³/mol. The second-order valence-electron chi connectivity index (χ2n) is 0.311. The number of rotatable bonds is 0. The summed E-state index contributed by atoms with van der Waals surface area (Å²) in [6.07, 6.45) is 0. The molecular formula is H6BFMgO2Sr. The molecule has 2 N–H and O–H groups in total. The molecule has 6 heavy (non-hydrogen) atoms. The first-order valence-electron chi connectivity index (χ1n) is 0.735. The summed E-state index contributed by atoms with van der Waals surface area (Å²) in [6, 6.07) is 0. The van der Waals surface area contributed by atoms with Crippen LogP contribution in [-0.2, 0) is 0 Å². The van der Waals surface area contributed by atoms with Crippen LogP contribution in [-0.4, -0.2) is 86.0 Å². The molecule has 0 bridgehead atoms. The Balaban J connectivity index is -0.0000000450. The molecule has 0 spiro atoms. The zero-order valence-corrected chi connectivity index (χ0v) is 1.85. The van der Waals surface area contributed by atoms with Gasteiger partial charge in [0.1, 0.15) is 0 Å². The van der Waals surface area contributed by atoms with E-state index < -0.39 is 7.40 Å². The second kappa shape index (κ2) is 10.2. The van der Waals surface area contributed by atoms with E-state index in [1.807, 2.05) is 0 Å². The maximum atomic E-state index is 10.1. The average molecular weight is 180 g/mol. The molecule has 0 amide bonds. The third-order valence-electron chi connectivity index (χ3n) is 0. The molecule has 0 fully saturated rings. The molecule has 0 rings (SSSR count). The van der Waals surface area contributed by atoms with E-state index in [0.717, 1.165) is 0 Å². The molecule has 0 saturated carbocycles. The summed E-state index contributed by atoms with van der Waals surface area (Å²) < 4.78 is 10.1. The fourth-order valence-electron chi connectivity index (χ4n) is 0. The second-order valence-corrected chi connectivity index (χ2v) is 0.311. The number of halogens is 1. The standard InChI is InChI=1S/BFH2O2.Mg.Sr.4H/c2-1(3)4;;;;;;/h3-4H;;;;;;. The molecule has 0 aliphatic carbocycles. The average Bonchev–Trinajstić information content (AvgIpc) is 0.811. The van der Waals surface area contributed by atoms with Crippen molar-refractivity contribution in [3.05, 3.63) is 0 Å². The molecule has 2 nitrogen and oxygen atoms in total. The van der Waals surface area contributed by atoms with E-state index in [2.05, 4.69) is 0 Å². The van der Waals surface area contributed by atoms with Crippen LogP contribution in [0.2, 0.25) is 0 Å². The van der Waals surface area contributed by atoms with Gasteiger partial charge in [0.15, 0.2) is 0 Å². The number of hydrogen-bond acceptors (Lipinski definition) is 2. The Labute approximate surface area is 88.7 Å². The van der Waals surface area contributed by atoms with Crippen LogP contribution in [0.4, 0.5) is 4.32 Å². The van der Waals surface area contributed by atoms with Crippen molar-refractivity contribution >= 4 is 75.9 Å². The van der Waals surface area contributed by atoms with Gasteiger partial charge in [-0.2, -0.15) is 0 Å². The van der Waals surface area contributed by atoms with Crippen molar-refractivity contribution in [2.75, 3.05) is 0 Å². The topological polar surface area (TPSA) is 40.5 Å². The Bertz CT molecular complexity index is 18.3. The van der Waals surface area contributed by atoms with Crippen LogP contribution >= 0.6 is 0 Å². The van der Waals surface area contributed by atoms with Gasteiger partial charge in [-0.05, 0) is 0 Å². The fourth-order valence-corrected chi connectivity index (χ4v) is 0. The van der Waals surface area contributed by atoms with Crippen LogP contribution in [0.25, 0.3) is 0 Å². The van der Waals surface area contributed by atoms with Gasteiger partial charge < -0.3 is 10.0 Å². The molecule has 6 heteroatoms. The van der Waals surface area contributed by atoms with Gasteiger partial charge in [-0.15, -0.1) is 0 Å². The summed E-state index contributed by atoms with van der Waals surface area (Å²) in [6.45, 7) is 0. The summed E-state index contributed by atoms with van der Waals surface area (Å²) in [5.74, 6) is 0. The molecular weight excluding hydrogens is 174 g/mol. The van der Waals surface area contributed by atoms with E-state index in [1.54, 1.807) is 0 Å². The molecule has 0 radical (unpaired) electrons. The molecule has 0 aliphatic heterocycles. The van der Waals surface area contributed by atoms with Gasteiger partial charge >= 0.3 is 75.9 Å². The molecule has 0 aromatic carbocycles. The zero-order valence-electron chi connectivity index (χ0n) is 1.85. The van der Waals surface area contributed by atoms with E-state index in [9.17, 15) is 4.32 Å². The van der Waals surface area contributed by atoms with Crippen molar-refractivity contribution in [1.29, 1.82) is 0 Å². The molecule has 0 aromatic rings. The van der Waals surface area contributed by atoms with Gasteiger partial charge in [0, 0.05) is 0 Å². The van der Waals surface area contributed by atoms with Crippen LogP contribution < -0.4 is 0 Å². The first-order chi connectivity index (χ1) is 1.73. The molecule has 0 aliphatic rings. The molecule has 0 unspecified atom stereocenters. The SMILES string of the molecule is OB(O)F.[MgH2].[SrH2]. The normalized spacial score (nSPS) is 4.50. The van der Waals surface area contributed by atoms with Gasteiger partial charge in [-0.1, -0.05) is 0 Å². The molecule has 0 heterocycles. The van der Waals surface area contributed by atoms with Crippen LogP contribution in [0.5, 0.6) is 0 Å². The van der Waals surface area contributed by atoms with Gasteiger partial charge in [0.25, 0.3) is 0 Å². The van der Waals surface area contributed by atoms with Crippen molar-refractivity contribution in [1.82, 2.24) is 0 Å². The zero-order chi connectivity index (χ0) is 3.58. The van der Waals surface area contributed by atoms with Crippen molar-refractivity contribution < 1.29 is 14.4 Å². The summed E-state index contributed by atoms with van der Waals surface area (Å²) >= 11 is 0. The van der Waals surface area contributed by atoms with E-state index in [-0.39, 0.29) is 68.5 Å². The summed E-state index contributed by atoms with van der Waals surface area (Å²) in [4.78, 5) is 0. The van der Waals surface area contributed by atoms with E-state index in [1.165, 1.54) is 0 Å². The third kappa shape index (κ3) is 35.1. The predicted octanol–water partition coefficient (Wildman–Crippen LogP) is -2.91. The van der Waals surface area contributed by atoms with E-state index in [0.29, 0.717) is 0 Å². The van der Waals surface area contributed by atoms with Crippen molar-refractivity contribution in [2.24, 2.45) is 0 Å². The fraction of sp³-hybridized carbons (Fsp3) is 0. The summed E-state index contributed by atoms with van der Waals surface area (Å²) in [7, 11) is -2.67. The van der Waals surface area contributed by atoms with Crippen LogP contribution in [0.1, 0.15) is 0 Å². The maximum absolute atomic E-state index is 10.1. The van der Waals surface area contributed by atoms with Gasteiger partial charge in [0.2, 0.25) is 0 Å². The molecule has 32 valence electrons. The van der Waals surface area contributed by atoms with Crippen LogP contribution in [0, 0.1) is 0 Å². The molecule has 0 atom stereocenters. The Hall–Kier alpha value is 2.16. The van der Waals surface area contributed by atoms with E-state index in [4.69, 9.17) is 10.0 Å². The first-order valence-corrected chi connectivity index (χ1v) is 0.735. The van der Waals surface area contributed by atoms with Gasteiger partial charge in [0.05, 0.1) is 0 Å². The Kier molecular flexibility index (Phi) is 26.7. The molecule has 0 saturated heterocycles. The van der Waals surface area contributed by atoms with Crippen LogP contribution in [0.3, 0.4) is 0 Å². The minimum atomic E-state index is -2.67. The summed E-state index contributed by atoms with van der Waals surface area (Å²) in [5, 5.41) is 13.9. The van der Waals surface area contributed by atoms with Crippen molar-refractivity contribution in [3.8, 4) is 0 Å². The molecule has 0 aromatic heterocycles. The van der Waals surface area contributed by atoms with Crippen molar-refractivity contribution in [2.45, 2.75) is 0 Å².